The molecule has 2 aliphatic heterocycles. The molecule has 0 aliphatic carbocycles. The van der Waals surface area contributed by atoms with Crippen LogP contribution in [0.4, 0.5) is 4.79 Å². The molecule has 2 aliphatic rings. The molecule has 8 nitrogen and oxygen atoms in total. The smallest absolute Gasteiger partial charge is 0.410 e. The number of piperidine rings is 1. The van der Waals surface area contributed by atoms with Crippen molar-refractivity contribution >= 4 is 24.4 Å². The predicted molar refractivity (Wildman–Crippen MR) is 106 cm³/mol. The number of carbonyl (C=O) groups is 2. The molecule has 2 heterocycles. The lowest BCUT2D eigenvalue weighted by Crippen LogP contribution is -2.54. The fraction of sp³-hybridized carbons (Fsp3) is 0.579. The number of benzene rings is 1. The summed E-state index contributed by atoms with van der Waals surface area (Å²) in [5.41, 5.74) is -0.533. The number of nitrogens with one attached hydrogen (secondary N) is 1. The quantitative estimate of drug-likeness (QED) is 0.689. The first-order valence-corrected chi connectivity index (χ1v) is 9.29. The molecule has 1 aromatic rings. The molecule has 1 spiro atoms. The Morgan fingerprint density at radius 3 is 2.61 bits per heavy atom. The SMILES string of the molecule is CN[C@@H](CO)C(=O)N1CCC2(CC1)CN(CCOc1ccccc1)C(=O)O2.Cl. The fourth-order valence-corrected chi connectivity index (χ4v) is 3.56. The third-order valence-corrected chi connectivity index (χ3v) is 5.23. The van der Waals surface area contributed by atoms with Crippen LogP contribution in [-0.4, -0.2) is 85.0 Å². The normalized spacial score (nSPS) is 19.1. The molecule has 9 heteroatoms. The first-order valence-electron chi connectivity index (χ1n) is 9.29. The number of hydrogen-bond acceptors (Lipinski definition) is 6. The number of aliphatic hydroxyl groups excluding tert-OH is 1. The molecule has 1 aromatic carbocycles. The van der Waals surface area contributed by atoms with E-state index in [0.29, 0.717) is 45.6 Å². The molecule has 0 bridgehead atoms. The van der Waals surface area contributed by atoms with Crippen LogP contribution in [0, 0.1) is 0 Å². The molecule has 0 saturated carbocycles. The van der Waals surface area contributed by atoms with E-state index < -0.39 is 11.6 Å². The highest BCUT2D eigenvalue weighted by Gasteiger charge is 2.47. The van der Waals surface area contributed by atoms with Crippen molar-refractivity contribution in [1.82, 2.24) is 15.1 Å². The van der Waals surface area contributed by atoms with Crippen molar-refractivity contribution < 1.29 is 24.2 Å². The third kappa shape index (κ3) is 5.06. The van der Waals surface area contributed by atoms with Gasteiger partial charge >= 0.3 is 6.09 Å². The lowest BCUT2D eigenvalue weighted by molar-refractivity contribution is -0.137. The van der Waals surface area contributed by atoms with Crippen LogP contribution in [0.3, 0.4) is 0 Å². The summed E-state index contributed by atoms with van der Waals surface area (Å²) in [6.45, 7) is 2.17. The zero-order valence-corrected chi connectivity index (χ0v) is 16.8. The van der Waals surface area contributed by atoms with Crippen LogP contribution in [0.1, 0.15) is 12.8 Å². The number of carbonyl (C=O) groups excluding carboxylic acids is 2. The van der Waals surface area contributed by atoms with E-state index in [1.807, 2.05) is 30.3 Å². The third-order valence-electron chi connectivity index (χ3n) is 5.23. The molecule has 2 N–H and O–H groups in total. The average Bonchev–Trinajstić information content (AvgIpc) is 2.99. The first-order chi connectivity index (χ1) is 13.1. The topological polar surface area (TPSA) is 91.3 Å². The average molecular weight is 414 g/mol. The van der Waals surface area contributed by atoms with E-state index in [-0.39, 0.29) is 31.0 Å². The van der Waals surface area contributed by atoms with Gasteiger partial charge in [-0.2, -0.15) is 0 Å². The van der Waals surface area contributed by atoms with Crippen molar-refractivity contribution in [2.75, 3.05) is 46.4 Å². The zero-order valence-electron chi connectivity index (χ0n) is 16.0. The van der Waals surface area contributed by atoms with Gasteiger partial charge in [0.15, 0.2) is 0 Å². The van der Waals surface area contributed by atoms with Crippen molar-refractivity contribution in [2.45, 2.75) is 24.5 Å². The van der Waals surface area contributed by atoms with Crippen molar-refractivity contribution in [1.29, 1.82) is 0 Å². The Balaban J connectivity index is 0.00000280. The fourth-order valence-electron chi connectivity index (χ4n) is 3.56. The van der Waals surface area contributed by atoms with Crippen LogP contribution in [0.25, 0.3) is 0 Å². The maximum Gasteiger partial charge on any atom is 0.410 e. The monoisotopic (exact) mass is 413 g/mol. The van der Waals surface area contributed by atoms with Crippen molar-refractivity contribution in [3.8, 4) is 5.75 Å². The van der Waals surface area contributed by atoms with E-state index in [0.717, 1.165) is 5.75 Å². The van der Waals surface area contributed by atoms with E-state index in [1.54, 1.807) is 16.8 Å². The summed E-state index contributed by atoms with van der Waals surface area (Å²) in [4.78, 5) is 28.0. The Hall–Kier alpha value is -2.03. The summed E-state index contributed by atoms with van der Waals surface area (Å²) < 4.78 is 11.3. The second-order valence-electron chi connectivity index (χ2n) is 6.98. The number of likely N-dealkylation sites (N-methyl/N-ethyl adjacent to an activating group) is 1. The number of para-hydroxylation sites is 1. The van der Waals surface area contributed by atoms with E-state index >= 15 is 0 Å². The molecule has 3 rings (SSSR count). The summed E-state index contributed by atoms with van der Waals surface area (Å²) in [6, 6.07) is 8.89. The summed E-state index contributed by atoms with van der Waals surface area (Å²) in [5.74, 6) is 0.654. The van der Waals surface area contributed by atoms with Crippen molar-refractivity contribution in [2.24, 2.45) is 0 Å². The number of rotatable bonds is 7. The van der Waals surface area contributed by atoms with Gasteiger partial charge in [0.05, 0.1) is 19.7 Å². The Kier molecular flexibility index (Phi) is 7.91. The van der Waals surface area contributed by atoms with Gasteiger partial charge in [-0.25, -0.2) is 4.79 Å². The minimum atomic E-state index is -0.586. The maximum absolute atomic E-state index is 12.3. The molecular weight excluding hydrogens is 386 g/mol. The van der Waals surface area contributed by atoms with Gasteiger partial charge in [0.2, 0.25) is 5.91 Å². The van der Waals surface area contributed by atoms with Gasteiger partial charge in [0.1, 0.15) is 24.0 Å². The van der Waals surface area contributed by atoms with Crippen LogP contribution < -0.4 is 10.1 Å². The molecule has 156 valence electrons. The number of ether oxygens (including phenoxy) is 2. The Morgan fingerprint density at radius 2 is 2.00 bits per heavy atom. The van der Waals surface area contributed by atoms with Crippen LogP contribution >= 0.6 is 12.4 Å². The number of nitrogens with zero attached hydrogens (tertiary/aromatic N) is 2. The summed E-state index contributed by atoms with van der Waals surface area (Å²) in [5, 5.41) is 12.1. The number of aliphatic hydroxyl groups is 1. The predicted octanol–water partition coefficient (Wildman–Crippen LogP) is 0.881. The molecule has 28 heavy (non-hydrogen) atoms. The van der Waals surface area contributed by atoms with Gasteiger partial charge in [0, 0.05) is 25.9 Å². The van der Waals surface area contributed by atoms with Crippen LogP contribution in [-0.2, 0) is 9.53 Å². The van der Waals surface area contributed by atoms with E-state index in [4.69, 9.17) is 9.47 Å². The highest BCUT2D eigenvalue weighted by molar-refractivity contribution is 5.85. The molecule has 0 radical (unpaired) electrons. The first kappa shape index (κ1) is 22.3. The molecule has 1 atom stereocenters. The largest absolute Gasteiger partial charge is 0.492 e. The van der Waals surface area contributed by atoms with Gasteiger partial charge in [-0.1, -0.05) is 18.2 Å². The Labute approximate surface area is 171 Å². The molecule has 2 saturated heterocycles. The minimum Gasteiger partial charge on any atom is -0.492 e. The number of halogens is 1. The van der Waals surface area contributed by atoms with E-state index in [1.165, 1.54) is 0 Å². The standard InChI is InChI=1S/C19H27N3O5.ClH/c1-20-16(13-23)17(24)21-9-7-19(8-10-21)14-22(18(25)27-19)11-12-26-15-5-3-2-4-6-15;/h2-6,16,20,23H,7-14H2,1H3;1H/t16-;/m0./s1. The lowest BCUT2D eigenvalue weighted by atomic mass is 9.91. The molecule has 2 amide bonds. The second kappa shape index (κ2) is 9.95. The summed E-state index contributed by atoms with van der Waals surface area (Å²) in [6.07, 6.45) is 0.875. The zero-order chi connectivity index (χ0) is 19.3. The van der Waals surface area contributed by atoms with E-state index in [2.05, 4.69) is 5.32 Å². The van der Waals surface area contributed by atoms with Crippen LogP contribution in [0.15, 0.2) is 30.3 Å². The molecule has 0 unspecified atom stereocenters. The van der Waals surface area contributed by atoms with Crippen LogP contribution in [0.2, 0.25) is 0 Å². The van der Waals surface area contributed by atoms with Crippen LogP contribution in [0.5, 0.6) is 5.75 Å². The minimum absolute atomic E-state index is 0. The van der Waals surface area contributed by atoms with Gasteiger partial charge in [0.25, 0.3) is 0 Å². The number of amides is 2. The lowest BCUT2D eigenvalue weighted by Gasteiger charge is -2.38. The van der Waals surface area contributed by atoms with Crippen molar-refractivity contribution in [3.63, 3.8) is 0 Å². The highest BCUT2D eigenvalue weighted by Crippen LogP contribution is 2.33. The van der Waals surface area contributed by atoms with Gasteiger partial charge in [-0.15, -0.1) is 12.4 Å². The van der Waals surface area contributed by atoms with Crippen molar-refractivity contribution in [3.05, 3.63) is 30.3 Å². The highest BCUT2D eigenvalue weighted by atomic mass is 35.5. The number of hydrogen-bond donors (Lipinski definition) is 2. The molecule has 2 fully saturated rings. The van der Waals surface area contributed by atoms with Gasteiger partial charge in [-0.05, 0) is 19.2 Å². The maximum atomic E-state index is 12.3. The molecule has 0 aromatic heterocycles. The van der Waals surface area contributed by atoms with Gasteiger partial charge < -0.3 is 29.7 Å². The van der Waals surface area contributed by atoms with Gasteiger partial charge in [-0.3, -0.25) is 4.79 Å². The summed E-state index contributed by atoms with van der Waals surface area (Å²) in [7, 11) is 1.65. The summed E-state index contributed by atoms with van der Waals surface area (Å²) >= 11 is 0. The second-order valence-corrected chi connectivity index (χ2v) is 6.98. The van der Waals surface area contributed by atoms with E-state index in [9.17, 15) is 14.7 Å². The number of likely N-dealkylation sites (tertiary alicyclic amines) is 1. The molecular formula is C19H28ClN3O5. The Morgan fingerprint density at radius 1 is 1.32 bits per heavy atom. The Bertz CT molecular complexity index is 648.